The summed E-state index contributed by atoms with van der Waals surface area (Å²) in [5.74, 6) is 3.36. The Kier molecular flexibility index (Phi) is 8.66. The van der Waals surface area contributed by atoms with Gasteiger partial charge in [0.25, 0.3) is 0 Å². The Morgan fingerprint density at radius 2 is 1.97 bits per heavy atom. The summed E-state index contributed by atoms with van der Waals surface area (Å²) in [6, 6.07) is 14.2. The van der Waals surface area contributed by atoms with Crippen molar-refractivity contribution in [2.75, 3.05) is 28.9 Å². The van der Waals surface area contributed by atoms with Crippen molar-refractivity contribution in [3.8, 4) is 5.75 Å². The normalized spacial score (nSPS) is 18.9. The molecule has 1 aromatic heterocycles. The number of allylic oxidation sites excluding steroid dienone is 2. The Labute approximate surface area is 231 Å². The van der Waals surface area contributed by atoms with Crippen molar-refractivity contribution in [1.29, 1.82) is 0 Å². The van der Waals surface area contributed by atoms with Gasteiger partial charge in [0.1, 0.15) is 22.5 Å². The predicted molar refractivity (Wildman–Crippen MR) is 160 cm³/mol. The van der Waals surface area contributed by atoms with Crippen molar-refractivity contribution in [3.63, 3.8) is 0 Å². The van der Waals surface area contributed by atoms with Crippen LogP contribution >= 0.6 is 11.8 Å². The minimum atomic E-state index is -1.09. The van der Waals surface area contributed by atoms with Gasteiger partial charge >= 0.3 is 0 Å². The van der Waals surface area contributed by atoms with Gasteiger partial charge in [0.15, 0.2) is 0 Å². The summed E-state index contributed by atoms with van der Waals surface area (Å²) in [5, 5.41) is 8.82. The number of fused-ring (bicyclic) bond motifs is 1. The highest BCUT2D eigenvalue weighted by molar-refractivity contribution is 8.11. The maximum Gasteiger partial charge on any atom is 0.223 e. The number of hydrogen-bond acceptors (Lipinski definition) is 7. The first-order chi connectivity index (χ1) is 18.5. The Hall–Kier alpha value is -2.88. The second kappa shape index (κ2) is 12.3. The van der Waals surface area contributed by atoms with Crippen LogP contribution in [-0.4, -0.2) is 39.1 Å². The van der Waals surface area contributed by atoms with Crippen LogP contribution in [0.3, 0.4) is 0 Å². The van der Waals surface area contributed by atoms with Gasteiger partial charge in [-0.05, 0) is 75.1 Å². The topological polar surface area (TPSA) is 88.2 Å². The van der Waals surface area contributed by atoms with Crippen LogP contribution in [0.15, 0.2) is 65.9 Å². The quantitative estimate of drug-likeness (QED) is 0.242. The molecule has 0 spiro atoms. The summed E-state index contributed by atoms with van der Waals surface area (Å²) in [6.45, 7) is 10.0. The maximum absolute atomic E-state index is 12.6. The minimum absolute atomic E-state index is 0.315. The molecule has 1 saturated carbocycles. The molecule has 9 heteroatoms. The molecule has 1 aliphatic carbocycles. The van der Waals surface area contributed by atoms with E-state index >= 15 is 0 Å². The number of ether oxygens (including phenoxy) is 1. The fourth-order valence-electron chi connectivity index (χ4n) is 4.51. The lowest BCUT2D eigenvalue weighted by Crippen LogP contribution is -2.38. The summed E-state index contributed by atoms with van der Waals surface area (Å²) >= 11 is 1.54. The molecule has 7 nitrogen and oxygen atoms in total. The van der Waals surface area contributed by atoms with Gasteiger partial charge in [-0.15, -0.1) is 0 Å². The predicted octanol–water partition coefficient (Wildman–Crippen LogP) is 6.31. The lowest BCUT2D eigenvalue weighted by atomic mass is 10.1. The zero-order chi connectivity index (χ0) is 26.5. The Morgan fingerprint density at radius 1 is 1.16 bits per heavy atom. The van der Waals surface area contributed by atoms with Gasteiger partial charge in [0.05, 0.1) is 16.3 Å². The fraction of sp³-hybridized carbons (Fsp3) is 0.379. The number of nitrogens with one attached hydrogen (secondary N) is 3. The summed E-state index contributed by atoms with van der Waals surface area (Å²) in [7, 11) is -1.09. The average molecular weight is 550 g/mol. The molecule has 2 atom stereocenters. The van der Waals surface area contributed by atoms with E-state index in [2.05, 4.69) is 26.9 Å². The Bertz CT molecular complexity index is 1370. The van der Waals surface area contributed by atoms with E-state index < -0.39 is 11.0 Å². The standard InChI is InChI=1S/C29H35N5O2S2/c1-19(2)37-28(26-14-16-31-29(33-26)32-22-7-6-15-30-17-22)20(3)36-27-13-12-25(23-8-4-5-9-24(23)27)34-38(35)18-21-10-11-21/h4-5,8-9,12-14,16,21-22,30,34H,1,6-7,10-11,15,17-18H2,2-3H3,(H,31,32,33)/b28-20+. The molecule has 200 valence electrons. The zero-order valence-corrected chi connectivity index (χ0v) is 23.6. The number of aromatic nitrogens is 2. The fourth-order valence-corrected chi connectivity index (χ4v) is 6.53. The smallest absolute Gasteiger partial charge is 0.223 e. The minimum Gasteiger partial charge on any atom is -0.460 e. The van der Waals surface area contributed by atoms with Crippen LogP contribution in [0.4, 0.5) is 11.6 Å². The van der Waals surface area contributed by atoms with E-state index in [0.29, 0.717) is 23.7 Å². The summed E-state index contributed by atoms with van der Waals surface area (Å²) in [5.41, 5.74) is 1.64. The number of benzene rings is 2. The van der Waals surface area contributed by atoms with E-state index in [1.54, 1.807) is 18.0 Å². The number of nitrogens with zero attached hydrogens (tertiary/aromatic N) is 2. The van der Waals surface area contributed by atoms with Gasteiger partial charge in [-0.25, -0.2) is 14.2 Å². The van der Waals surface area contributed by atoms with Gasteiger partial charge < -0.3 is 20.1 Å². The van der Waals surface area contributed by atoms with E-state index in [1.807, 2.05) is 56.3 Å². The van der Waals surface area contributed by atoms with Crippen molar-refractivity contribution in [1.82, 2.24) is 15.3 Å². The molecule has 2 aromatic carbocycles. The molecule has 0 bridgehead atoms. The molecule has 3 aromatic rings. The van der Waals surface area contributed by atoms with E-state index in [0.717, 1.165) is 69.4 Å². The molecular weight excluding hydrogens is 514 g/mol. The molecule has 2 aliphatic rings. The lowest BCUT2D eigenvalue weighted by molar-refractivity contribution is 0.437. The van der Waals surface area contributed by atoms with Gasteiger partial charge in [-0.2, -0.15) is 0 Å². The monoisotopic (exact) mass is 549 g/mol. The van der Waals surface area contributed by atoms with Gasteiger partial charge in [-0.3, -0.25) is 0 Å². The number of rotatable bonds is 11. The van der Waals surface area contributed by atoms with Crippen molar-refractivity contribution in [2.24, 2.45) is 5.92 Å². The van der Waals surface area contributed by atoms with Gasteiger partial charge in [0.2, 0.25) is 5.95 Å². The Balaban J connectivity index is 1.42. The first kappa shape index (κ1) is 26.7. The van der Waals surface area contributed by atoms with Gasteiger partial charge in [-0.1, -0.05) is 42.6 Å². The molecular formula is C29H35N5O2S2. The molecule has 2 unspecified atom stereocenters. The van der Waals surface area contributed by atoms with Crippen LogP contribution in [0.2, 0.25) is 0 Å². The highest BCUT2D eigenvalue weighted by atomic mass is 32.2. The number of piperidine rings is 1. The van der Waals surface area contributed by atoms with Crippen molar-refractivity contribution in [2.45, 2.75) is 45.6 Å². The Morgan fingerprint density at radius 3 is 2.71 bits per heavy atom. The molecule has 0 amide bonds. The molecule has 2 heterocycles. The number of thioether (sulfide) groups is 1. The van der Waals surface area contributed by atoms with Crippen LogP contribution in [0, 0.1) is 5.92 Å². The molecule has 1 aliphatic heterocycles. The highest BCUT2D eigenvalue weighted by Gasteiger charge is 2.24. The summed E-state index contributed by atoms with van der Waals surface area (Å²) in [6.07, 6.45) is 6.38. The maximum atomic E-state index is 12.6. The second-order valence-corrected chi connectivity index (χ2v) is 12.5. The summed E-state index contributed by atoms with van der Waals surface area (Å²) < 4.78 is 22.3. The van der Waals surface area contributed by atoms with Crippen molar-refractivity contribution < 1.29 is 8.95 Å². The third-order valence-corrected chi connectivity index (χ3v) is 8.84. The van der Waals surface area contributed by atoms with E-state index in [9.17, 15) is 4.21 Å². The molecule has 5 rings (SSSR count). The second-order valence-electron chi connectivity index (χ2n) is 9.96. The lowest BCUT2D eigenvalue weighted by Gasteiger charge is -2.24. The van der Waals surface area contributed by atoms with Crippen molar-refractivity contribution in [3.05, 3.63) is 71.6 Å². The summed E-state index contributed by atoms with van der Waals surface area (Å²) in [4.78, 5) is 11.1. The third-order valence-electron chi connectivity index (χ3n) is 6.57. The van der Waals surface area contributed by atoms with E-state index in [4.69, 9.17) is 9.72 Å². The first-order valence-corrected chi connectivity index (χ1v) is 15.3. The molecule has 0 radical (unpaired) electrons. The molecule has 1 saturated heterocycles. The molecule has 2 fully saturated rings. The first-order valence-electron chi connectivity index (χ1n) is 13.2. The SMILES string of the molecule is C=C(C)S/C(=C(\C)Oc1ccc(NS(=O)CC2CC2)c2ccccc12)c1ccnc(NC2CCCNC2)n1. The highest BCUT2D eigenvalue weighted by Crippen LogP contribution is 2.38. The third kappa shape index (κ3) is 6.95. The van der Waals surface area contributed by atoms with Gasteiger partial charge in [0, 0.05) is 35.3 Å². The van der Waals surface area contributed by atoms with Crippen LogP contribution in [0.5, 0.6) is 5.75 Å². The number of anilines is 2. The van der Waals surface area contributed by atoms with E-state index in [-0.39, 0.29) is 0 Å². The molecule has 38 heavy (non-hydrogen) atoms. The van der Waals surface area contributed by atoms with Crippen molar-refractivity contribution >= 4 is 50.1 Å². The van der Waals surface area contributed by atoms with E-state index in [1.165, 1.54) is 12.8 Å². The van der Waals surface area contributed by atoms with Crippen LogP contribution in [0.1, 0.15) is 45.2 Å². The molecule has 3 N–H and O–H groups in total. The zero-order valence-electron chi connectivity index (χ0n) is 22.0. The number of hydrogen-bond donors (Lipinski definition) is 3. The van der Waals surface area contributed by atoms with Crippen LogP contribution in [0.25, 0.3) is 15.7 Å². The van der Waals surface area contributed by atoms with Crippen LogP contribution in [-0.2, 0) is 11.0 Å². The average Bonchev–Trinajstić information content (AvgIpc) is 3.73. The largest absolute Gasteiger partial charge is 0.460 e. The van der Waals surface area contributed by atoms with Crippen LogP contribution < -0.4 is 20.1 Å².